The van der Waals surface area contributed by atoms with E-state index in [1.165, 1.54) is 0 Å². The first kappa shape index (κ1) is 12.8. The molecule has 1 aromatic carbocycles. The fourth-order valence-corrected chi connectivity index (χ4v) is 3.11. The molecule has 1 amide bonds. The number of benzene rings is 1. The van der Waals surface area contributed by atoms with Crippen LogP contribution >= 0.6 is 0 Å². The van der Waals surface area contributed by atoms with E-state index in [0.717, 1.165) is 10.9 Å². The van der Waals surface area contributed by atoms with E-state index in [-0.39, 0.29) is 30.8 Å². The molecule has 2 saturated heterocycles. The molecular weight excluding hydrogens is 272 g/mol. The van der Waals surface area contributed by atoms with E-state index in [1.807, 2.05) is 24.3 Å². The van der Waals surface area contributed by atoms with Crippen molar-refractivity contribution in [1.29, 1.82) is 0 Å². The summed E-state index contributed by atoms with van der Waals surface area (Å²) in [7, 11) is 0. The number of carbonyl (C=O) groups is 1. The molecule has 0 radical (unpaired) electrons. The molecule has 3 N–H and O–H groups in total. The summed E-state index contributed by atoms with van der Waals surface area (Å²) in [5.41, 5.74) is 1.53. The highest BCUT2D eigenvalue weighted by Crippen LogP contribution is 2.27. The number of nitrogens with one attached hydrogen (secondary N) is 2. The lowest BCUT2D eigenvalue weighted by molar-refractivity contribution is 0.0178. The summed E-state index contributed by atoms with van der Waals surface area (Å²) in [5, 5.41) is 13.5. The van der Waals surface area contributed by atoms with Crippen molar-refractivity contribution in [3.8, 4) is 0 Å². The van der Waals surface area contributed by atoms with E-state index in [0.29, 0.717) is 12.2 Å². The highest BCUT2D eigenvalue weighted by molar-refractivity contribution is 6.06. The van der Waals surface area contributed by atoms with Gasteiger partial charge < -0.3 is 24.9 Å². The third kappa shape index (κ3) is 2.03. The number of carbonyl (C=O) groups excluding carboxylic acids is 1. The van der Waals surface area contributed by atoms with E-state index in [9.17, 15) is 9.90 Å². The number of H-pyrrole nitrogens is 1. The Morgan fingerprint density at radius 3 is 2.95 bits per heavy atom. The van der Waals surface area contributed by atoms with Crippen molar-refractivity contribution in [2.24, 2.45) is 0 Å². The number of aliphatic hydroxyl groups is 1. The Morgan fingerprint density at radius 2 is 2.05 bits per heavy atom. The third-order valence-electron chi connectivity index (χ3n) is 4.18. The van der Waals surface area contributed by atoms with Gasteiger partial charge in [0.05, 0.1) is 24.8 Å². The van der Waals surface area contributed by atoms with Crippen LogP contribution in [0.1, 0.15) is 10.4 Å². The zero-order valence-electron chi connectivity index (χ0n) is 11.3. The Bertz CT molecular complexity index is 683. The molecule has 2 aromatic rings. The molecule has 2 aliphatic heterocycles. The number of rotatable bonds is 2. The van der Waals surface area contributed by atoms with Gasteiger partial charge in [-0.2, -0.15) is 0 Å². The SMILES string of the molecule is O=C(N[C@@H]1CO[C@H]2[C@@H]1OC[C@H]2O)c1c[nH]c2ccccc12. The van der Waals surface area contributed by atoms with E-state index < -0.39 is 6.10 Å². The Hall–Kier alpha value is -1.89. The van der Waals surface area contributed by atoms with Crippen molar-refractivity contribution in [3.05, 3.63) is 36.0 Å². The van der Waals surface area contributed by atoms with Crippen LogP contribution < -0.4 is 5.32 Å². The van der Waals surface area contributed by atoms with Crippen LogP contribution in [0.4, 0.5) is 0 Å². The van der Waals surface area contributed by atoms with Crippen LogP contribution in [0.15, 0.2) is 30.5 Å². The molecular formula is C15H16N2O4. The quantitative estimate of drug-likeness (QED) is 0.748. The monoisotopic (exact) mass is 288 g/mol. The van der Waals surface area contributed by atoms with Crippen molar-refractivity contribution in [3.63, 3.8) is 0 Å². The fourth-order valence-electron chi connectivity index (χ4n) is 3.11. The first-order valence-corrected chi connectivity index (χ1v) is 7.02. The van der Waals surface area contributed by atoms with Gasteiger partial charge in [-0.25, -0.2) is 0 Å². The molecule has 1 aromatic heterocycles. The van der Waals surface area contributed by atoms with Crippen molar-refractivity contribution in [1.82, 2.24) is 10.3 Å². The van der Waals surface area contributed by atoms with Gasteiger partial charge in [0, 0.05) is 17.1 Å². The normalized spacial score (nSPS) is 31.5. The molecule has 21 heavy (non-hydrogen) atoms. The van der Waals surface area contributed by atoms with Gasteiger partial charge in [-0.1, -0.05) is 18.2 Å². The number of para-hydroxylation sites is 1. The van der Waals surface area contributed by atoms with Crippen LogP contribution in [0.5, 0.6) is 0 Å². The van der Waals surface area contributed by atoms with Gasteiger partial charge in [0.15, 0.2) is 0 Å². The molecule has 2 aliphatic rings. The number of amides is 1. The second-order valence-corrected chi connectivity index (χ2v) is 5.49. The van der Waals surface area contributed by atoms with E-state index >= 15 is 0 Å². The van der Waals surface area contributed by atoms with Gasteiger partial charge >= 0.3 is 0 Å². The summed E-state index contributed by atoms with van der Waals surface area (Å²) >= 11 is 0. The average Bonchev–Trinajstić information content (AvgIpc) is 3.16. The number of aromatic nitrogens is 1. The molecule has 4 atom stereocenters. The number of hydrogen-bond donors (Lipinski definition) is 3. The number of aliphatic hydroxyl groups excluding tert-OH is 1. The molecule has 6 heteroatoms. The Balaban J connectivity index is 1.54. The van der Waals surface area contributed by atoms with Crippen molar-refractivity contribution in [2.75, 3.05) is 13.2 Å². The zero-order valence-corrected chi connectivity index (χ0v) is 11.3. The van der Waals surface area contributed by atoms with Gasteiger partial charge in [-0.3, -0.25) is 4.79 Å². The molecule has 0 unspecified atom stereocenters. The predicted octanol–water partition coefficient (Wildman–Crippen LogP) is 0.425. The lowest BCUT2D eigenvalue weighted by Crippen LogP contribution is -2.44. The first-order chi connectivity index (χ1) is 10.2. The van der Waals surface area contributed by atoms with Gasteiger partial charge in [0.2, 0.25) is 0 Å². The minimum Gasteiger partial charge on any atom is -0.388 e. The Labute approximate surface area is 121 Å². The minimum atomic E-state index is -0.606. The second kappa shape index (κ2) is 4.84. The molecule has 4 rings (SSSR count). The molecule has 3 heterocycles. The average molecular weight is 288 g/mol. The van der Waals surface area contributed by atoms with E-state index in [2.05, 4.69) is 10.3 Å². The molecule has 0 saturated carbocycles. The van der Waals surface area contributed by atoms with Crippen molar-refractivity contribution in [2.45, 2.75) is 24.4 Å². The summed E-state index contributed by atoms with van der Waals surface area (Å²) in [6, 6.07) is 7.43. The second-order valence-electron chi connectivity index (χ2n) is 5.49. The number of aromatic amines is 1. The van der Waals surface area contributed by atoms with Gasteiger partial charge in [-0.15, -0.1) is 0 Å². The molecule has 110 valence electrons. The number of fused-ring (bicyclic) bond motifs is 2. The summed E-state index contributed by atoms with van der Waals surface area (Å²) in [6.07, 6.45) is 0.495. The minimum absolute atomic E-state index is 0.160. The summed E-state index contributed by atoms with van der Waals surface area (Å²) in [5.74, 6) is -0.160. The summed E-state index contributed by atoms with van der Waals surface area (Å²) < 4.78 is 11.0. The highest BCUT2D eigenvalue weighted by Gasteiger charge is 2.47. The molecule has 2 fully saturated rings. The largest absolute Gasteiger partial charge is 0.388 e. The lowest BCUT2D eigenvalue weighted by atomic mass is 10.1. The highest BCUT2D eigenvalue weighted by atomic mass is 16.6. The molecule has 6 nitrogen and oxygen atoms in total. The van der Waals surface area contributed by atoms with Crippen LogP contribution in [0.2, 0.25) is 0 Å². The first-order valence-electron chi connectivity index (χ1n) is 7.02. The van der Waals surface area contributed by atoms with E-state index in [4.69, 9.17) is 9.47 Å². The summed E-state index contributed by atoms with van der Waals surface area (Å²) in [6.45, 7) is 0.620. The van der Waals surface area contributed by atoms with Gasteiger partial charge in [0.1, 0.15) is 18.3 Å². The molecule has 0 aliphatic carbocycles. The van der Waals surface area contributed by atoms with Crippen molar-refractivity contribution < 1.29 is 19.4 Å². The van der Waals surface area contributed by atoms with Gasteiger partial charge in [-0.05, 0) is 6.07 Å². The molecule has 0 spiro atoms. The Kier molecular flexibility index (Phi) is 2.95. The van der Waals surface area contributed by atoms with Crippen LogP contribution in [0, 0.1) is 0 Å². The van der Waals surface area contributed by atoms with Crippen LogP contribution in [0.3, 0.4) is 0 Å². The van der Waals surface area contributed by atoms with Gasteiger partial charge in [0.25, 0.3) is 5.91 Å². The molecule has 0 bridgehead atoms. The lowest BCUT2D eigenvalue weighted by Gasteiger charge is -2.17. The topological polar surface area (TPSA) is 83.6 Å². The standard InChI is InChI=1S/C15H16N2O4/c18-12-7-21-13-11(6-20-14(12)13)17-15(19)9-5-16-10-4-2-1-3-8(9)10/h1-5,11-14,16,18H,6-7H2,(H,17,19)/t11-,12-,13-,14-/m1/s1. The smallest absolute Gasteiger partial charge is 0.253 e. The third-order valence-corrected chi connectivity index (χ3v) is 4.18. The fraction of sp³-hybridized carbons (Fsp3) is 0.400. The number of ether oxygens (including phenoxy) is 2. The van der Waals surface area contributed by atoms with Crippen LogP contribution in [0.25, 0.3) is 10.9 Å². The maximum absolute atomic E-state index is 12.4. The maximum Gasteiger partial charge on any atom is 0.253 e. The predicted molar refractivity (Wildman–Crippen MR) is 75.0 cm³/mol. The van der Waals surface area contributed by atoms with Crippen LogP contribution in [-0.2, 0) is 9.47 Å². The van der Waals surface area contributed by atoms with Crippen LogP contribution in [-0.4, -0.2) is 53.6 Å². The van der Waals surface area contributed by atoms with Crippen molar-refractivity contribution >= 4 is 16.8 Å². The zero-order chi connectivity index (χ0) is 14.4. The summed E-state index contributed by atoms with van der Waals surface area (Å²) in [4.78, 5) is 15.5. The maximum atomic E-state index is 12.4. The Morgan fingerprint density at radius 1 is 1.24 bits per heavy atom. The van der Waals surface area contributed by atoms with E-state index in [1.54, 1.807) is 6.20 Å². The number of hydrogen-bond acceptors (Lipinski definition) is 4.